The van der Waals surface area contributed by atoms with E-state index < -0.39 is 0 Å². The van der Waals surface area contributed by atoms with Gasteiger partial charge in [0.15, 0.2) is 0 Å². The molecule has 1 aromatic heterocycles. The fourth-order valence-corrected chi connectivity index (χ4v) is 5.99. The lowest BCUT2D eigenvalue weighted by molar-refractivity contribution is 0.0335. The van der Waals surface area contributed by atoms with E-state index in [1.165, 1.54) is 45.2 Å². The van der Waals surface area contributed by atoms with E-state index in [-0.39, 0.29) is 11.4 Å². The molecule has 182 valence electrons. The maximum atomic E-state index is 12.1. The lowest BCUT2D eigenvalue weighted by atomic mass is 9.83. The van der Waals surface area contributed by atoms with Gasteiger partial charge in [-0.15, -0.1) is 0 Å². The fraction of sp³-hybridized carbons (Fsp3) is 0.667. The van der Waals surface area contributed by atoms with Crippen molar-refractivity contribution in [1.82, 2.24) is 9.80 Å². The number of hydrogen-bond acceptors (Lipinski definition) is 6. The first-order valence-corrected chi connectivity index (χ1v) is 12.7. The number of aromatic hydroxyl groups is 1. The Bertz CT molecular complexity index is 1000. The first-order chi connectivity index (χ1) is 16.0. The molecule has 0 saturated carbocycles. The van der Waals surface area contributed by atoms with Gasteiger partial charge >= 0.3 is 5.63 Å². The molecule has 0 aliphatic carbocycles. The predicted molar refractivity (Wildman–Crippen MR) is 132 cm³/mol. The highest BCUT2D eigenvalue weighted by molar-refractivity contribution is 5.86. The molecular formula is C27H40N2O4. The van der Waals surface area contributed by atoms with Crippen LogP contribution < -0.4 is 5.63 Å². The Morgan fingerprint density at radius 3 is 2.79 bits per heavy atom. The molecule has 0 amide bonds. The molecule has 2 aromatic rings. The van der Waals surface area contributed by atoms with Gasteiger partial charge in [0, 0.05) is 55.4 Å². The van der Waals surface area contributed by atoms with E-state index in [4.69, 9.17) is 9.15 Å². The monoisotopic (exact) mass is 456 g/mol. The Morgan fingerprint density at radius 2 is 2.00 bits per heavy atom. The van der Waals surface area contributed by atoms with Gasteiger partial charge in [-0.25, -0.2) is 4.79 Å². The minimum Gasteiger partial charge on any atom is -0.507 e. The molecule has 2 aliphatic heterocycles. The van der Waals surface area contributed by atoms with Gasteiger partial charge in [-0.1, -0.05) is 19.8 Å². The van der Waals surface area contributed by atoms with E-state index in [0.717, 1.165) is 42.4 Å². The maximum Gasteiger partial charge on any atom is 0.336 e. The third-order valence-electron chi connectivity index (χ3n) is 7.65. The van der Waals surface area contributed by atoms with Crippen molar-refractivity contribution in [3.8, 4) is 5.75 Å². The number of aryl methyl sites for hydroxylation is 2. The zero-order chi connectivity index (χ0) is 23.4. The van der Waals surface area contributed by atoms with E-state index in [0.29, 0.717) is 36.3 Å². The van der Waals surface area contributed by atoms with Crippen LogP contribution in [0.3, 0.4) is 0 Å². The molecule has 3 heterocycles. The molecule has 33 heavy (non-hydrogen) atoms. The van der Waals surface area contributed by atoms with Gasteiger partial charge in [0.05, 0.1) is 6.61 Å². The number of phenols is 1. The second-order valence-electron chi connectivity index (χ2n) is 9.96. The number of hydrogen-bond donors (Lipinski definition) is 1. The van der Waals surface area contributed by atoms with Crippen LogP contribution >= 0.6 is 0 Å². The van der Waals surface area contributed by atoms with E-state index >= 15 is 0 Å². The van der Waals surface area contributed by atoms with Crippen LogP contribution in [0.2, 0.25) is 0 Å². The van der Waals surface area contributed by atoms with Gasteiger partial charge in [-0.2, -0.15) is 0 Å². The van der Waals surface area contributed by atoms with Gasteiger partial charge in [0.25, 0.3) is 0 Å². The molecule has 6 nitrogen and oxygen atoms in total. The first-order valence-electron chi connectivity index (χ1n) is 12.7. The molecule has 0 unspecified atom stereocenters. The fourth-order valence-electron chi connectivity index (χ4n) is 5.99. The topological polar surface area (TPSA) is 66.1 Å². The largest absolute Gasteiger partial charge is 0.507 e. The highest BCUT2D eigenvalue weighted by Gasteiger charge is 2.34. The van der Waals surface area contributed by atoms with Crippen LogP contribution in [0.25, 0.3) is 11.0 Å². The number of benzene rings is 1. The number of methoxy groups -OCH3 is 1. The summed E-state index contributed by atoms with van der Waals surface area (Å²) in [6.45, 7) is 9.64. The van der Waals surface area contributed by atoms with Gasteiger partial charge in [0.1, 0.15) is 11.3 Å². The van der Waals surface area contributed by atoms with Crippen LogP contribution in [-0.4, -0.2) is 60.8 Å². The Balaban J connectivity index is 1.62. The van der Waals surface area contributed by atoms with Gasteiger partial charge in [-0.05, 0) is 69.7 Å². The highest BCUT2D eigenvalue weighted by atomic mass is 16.5. The molecule has 1 aromatic carbocycles. The van der Waals surface area contributed by atoms with Gasteiger partial charge in [0.2, 0.25) is 0 Å². The van der Waals surface area contributed by atoms with Crippen molar-refractivity contribution in [1.29, 1.82) is 0 Å². The smallest absolute Gasteiger partial charge is 0.336 e. The highest BCUT2D eigenvalue weighted by Crippen LogP contribution is 2.35. The number of piperidine rings is 2. The summed E-state index contributed by atoms with van der Waals surface area (Å²) in [7, 11) is 1.75. The lowest BCUT2D eigenvalue weighted by Crippen LogP contribution is -2.51. The standard InChI is InChI=1S/C27H40N2O4/c1-4-8-20-16-25(30)33-27-19(2)26(31)22(15-23(20)27)18-28(13-14-32-3)17-21-9-7-12-29-11-6-5-10-24(21)29/h15-16,21,24,31H,4-14,17-18H2,1-3H3/t21-,24+/m0/s1. The molecular weight excluding hydrogens is 416 g/mol. The summed E-state index contributed by atoms with van der Waals surface area (Å²) in [4.78, 5) is 17.2. The third kappa shape index (κ3) is 5.44. The number of nitrogens with zero attached hydrogens (tertiary/aromatic N) is 2. The van der Waals surface area contributed by atoms with Crippen molar-refractivity contribution in [2.45, 2.75) is 71.4 Å². The summed E-state index contributed by atoms with van der Waals surface area (Å²) >= 11 is 0. The minimum atomic E-state index is -0.350. The number of fused-ring (bicyclic) bond motifs is 2. The summed E-state index contributed by atoms with van der Waals surface area (Å²) in [5.41, 5.74) is 2.72. The Labute approximate surface area is 197 Å². The van der Waals surface area contributed by atoms with Crippen molar-refractivity contribution in [2.24, 2.45) is 5.92 Å². The van der Waals surface area contributed by atoms with E-state index in [2.05, 4.69) is 16.7 Å². The Hall–Kier alpha value is -1.89. The van der Waals surface area contributed by atoms with Crippen molar-refractivity contribution < 1.29 is 14.3 Å². The molecule has 0 radical (unpaired) electrons. The second kappa shape index (κ2) is 11.0. The molecule has 2 aliphatic rings. The summed E-state index contributed by atoms with van der Waals surface area (Å²) in [5.74, 6) is 0.901. The average Bonchev–Trinajstić information content (AvgIpc) is 2.82. The number of phenolic OH excluding ortho intramolecular Hbond substituents is 1. The van der Waals surface area contributed by atoms with Crippen LogP contribution in [0.15, 0.2) is 21.3 Å². The molecule has 4 rings (SSSR count). The summed E-state index contributed by atoms with van der Waals surface area (Å²) in [6.07, 6.45) is 8.30. The third-order valence-corrected chi connectivity index (χ3v) is 7.65. The molecule has 2 fully saturated rings. The van der Waals surface area contributed by atoms with E-state index in [1.807, 2.05) is 13.0 Å². The Kier molecular flexibility index (Phi) is 8.10. The van der Waals surface area contributed by atoms with Crippen molar-refractivity contribution >= 4 is 11.0 Å². The normalized spacial score (nSPS) is 21.6. The number of rotatable bonds is 9. The second-order valence-corrected chi connectivity index (χ2v) is 9.96. The van der Waals surface area contributed by atoms with Crippen molar-refractivity contribution in [3.63, 3.8) is 0 Å². The molecule has 0 spiro atoms. The van der Waals surface area contributed by atoms with Crippen LogP contribution in [0.5, 0.6) is 5.75 Å². The molecule has 6 heteroatoms. The summed E-state index contributed by atoms with van der Waals surface area (Å²) in [6, 6.07) is 4.34. The summed E-state index contributed by atoms with van der Waals surface area (Å²) < 4.78 is 10.9. The van der Waals surface area contributed by atoms with Gasteiger partial charge in [-0.3, -0.25) is 4.90 Å². The summed E-state index contributed by atoms with van der Waals surface area (Å²) in [5, 5.41) is 12.0. The molecule has 1 N–H and O–H groups in total. The SMILES string of the molecule is CCCc1cc(=O)oc2c(C)c(O)c(CN(CCOC)C[C@@H]3CCCN4CCCC[C@H]34)cc12. The molecule has 0 bridgehead atoms. The van der Waals surface area contributed by atoms with Crippen LogP contribution in [-0.2, 0) is 17.7 Å². The van der Waals surface area contributed by atoms with Crippen LogP contribution in [0.1, 0.15) is 62.1 Å². The number of ether oxygens (including phenoxy) is 1. The zero-order valence-electron chi connectivity index (χ0n) is 20.6. The van der Waals surface area contributed by atoms with Crippen LogP contribution in [0.4, 0.5) is 0 Å². The first kappa shape index (κ1) is 24.2. The Morgan fingerprint density at radius 1 is 1.18 bits per heavy atom. The minimum absolute atomic E-state index is 0.240. The average molecular weight is 457 g/mol. The molecule has 2 saturated heterocycles. The lowest BCUT2D eigenvalue weighted by Gasteiger charge is -2.45. The quantitative estimate of drug-likeness (QED) is 0.562. The predicted octanol–water partition coefficient (Wildman–Crippen LogP) is 4.47. The van der Waals surface area contributed by atoms with Crippen molar-refractivity contribution in [2.75, 3.05) is 39.9 Å². The zero-order valence-corrected chi connectivity index (χ0v) is 20.6. The van der Waals surface area contributed by atoms with Gasteiger partial charge < -0.3 is 19.2 Å². The maximum absolute atomic E-state index is 12.1. The van der Waals surface area contributed by atoms with E-state index in [9.17, 15) is 9.90 Å². The molecule has 2 atom stereocenters. The van der Waals surface area contributed by atoms with Crippen LogP contribution in [0, 0.1) is 12.8 Å². The van der Waals surface area contributed by atoms with Crippen molar-refractivity contribution in [3.05, 3.63) is 39.2 Å². The van der Waals surface area contributed by atoms with E-state index in [1.54, 1.807) is 13.2 Å².